The van der Waals surface area contributed by atoms with Crippen molar-refractivity contribution in [3.8, 4) is 0 Å². The fraction of sp³-hybridized carbons (Fsp3) is 0.824. The minimum atomic E-state index is 0.191. The number of thiocarbonyl (C=S) groups is 1. The third-order valence-electron chi connectivity index (χ3n) is 4.06. The summed E-state index contributed by atoms with van der Waals surface area (Å²) in [7, 11) is 2.22. The molecule has 1 aliphatic carbocycles. The molecule has 3 heteroatoms. The lowest BCUT2D eigenvalue weighted by Gasteiger charge is -2.39. The van der Waals surface area contributed by atoms with Crippen LogP contribution in [0.5, 0.6) is 0 Å². The van der Waals surface area contributed by atoms with E-state index in [-0.39, 0.29) is 5.41 Å². The predicted octanol–water partition coefficient (Wildman–Crippen LogP) is 4.11. The Morgan fingerprint density at radius 3 is 2.20 bits per heavy atom. The van der Waals surface area contributed by atoms with Gasteiger partial charge < -0.3 is 9.80 Å². The van der Waals surface area contributed by atoms with Crippen molar-refractivity contribution >= 4 is 17.1 Å². The van der Waals surface area contributed by atoms with E-state index in [2.05, 4.69) is 51.5 Å². The summed E-state index contributed by atoms with van der Waals surface area (Å²) >= 11 is 5.46. The molecule has 0 bridgehead atoms. The minimum absolute atomic E-state index is 0.191. The Labute approximate surface area is 131 Å². The van der Waals surface area contributed by atoms with Gasteiger partial charge in [0, 0.05) is 30.6 Å². The molecule has 0 saturated carbocycles. The molecular weight excluding hydrogens is 264 g/mol. The summed E-state index contributed by atoms with van der Waals surface area (Å²) in [5, 5.41) is 0. The highest BCUT2D eigenvalue weighted by molar-refractivity contribution is 7.81. The normalized spacial score (nSPS) is 15.8. The maximum atomic E-state index is 5.46. The van der Waals surface area contributed by atoms with E-state index in [1.807, 2.05) is 0 Å². The van der Waals surface area contributed by atoms with Crippen molar-refractivity contribution in [1.82, 2.24) is 9.80 Å². The van der Waals surface area contributed by atoms with Gasteiger partial charge in [0.15, 0.2) is 0 Å². The van der Waals surface area contributed by atoms with Gasteiger partial charge in [-0.15, -0.1) is 0 Å². The van der Waals surface area contributed by atoms with Crippen LogP contribution in [0.1, 0.15) is 53.9 Å². The summed E-state index contributed by atoms with van der Waals surface area (Å²) in [6.07, 6.45) is 3.49. The molecule has 0 radical (unpaired) electrons. The maximum Gasteiger partial charge on any atom is 0.0265 e. The van der Waals surface area contributed by atoms with Gasteiger partial charge in [0.25, 0.3) is 0 Å². The van der Waals surface area contributed by atoms with Gasteiger partial charge >= 0.3 is 0 Å². The highest BCUT2D eigenvalue weighted by Crippen LogP contribution is 2.40. The van der Waals surface area contributed by atoms with Crippen LogP contribution in [-0.2, 0) is 0 Å². The molecule has 0 fully saturated rings. The fourth-order valence-electron chi connectivity index (χ4n) is 2.97. The van der Waals surface area contributed by atoms with Gasteiger partial charge in [0.2, 0.25) is 0 Å². The SMILES string of the molecule is CCCN(CC)CCCN(C)C1=C(C(C)(C)C)C(=S)C1. The molecule has 2 nitrogen and oxygen atoms in total. The zero-order chi connectivity index (χ0) is 15.3. The third kappa shape index (κ3) is 4.56. The first-order chi connectivity index (χ1) is 9.31. The smallest absolute Gasteiger partial charge is 0.0265 e. The number of hydrogen-bond donors (Lipinski definition) is 0. The second-order valence-corrected chi connectivity index (χ2v) is 7.37. The van der Waals surface area contributed by atoms with Crippen LogP contribution in [0.2, 0.25) is 0 Å². The zero-order valence-electron chi connectivity index (χ0n) is 14.3. The summed E-state index contributed by atoms with van der Waals surface area (Å²) in [4.78, 5) is 6.13. The molecule has 1 aliphatic rings. The molecule has 0 saturated heterocycles. The fourth-order valence-corrected chi connectivity index (χ4v) is 3.53. The molecule has 0 aromatic rings. The molecule has 0 aromatic heterocycles. The van der Waals surface area contributed by atoms with Crippen LogP contribution in [0.25, 0.3) is 0 Å². The second kappa shape index (κ2) is 7.56. The molecule has 0 aromatic carbocycles. The average Bonchev–Trinajstić information content (AvgIpc) is 2.32. The highest BCUT2D eigenvalue weighted by Gasteiger charge is 2.33. The van der Waals surface area contributed by atoms with Gasteiger partial charge in [-0.3, -0.25) is 0 Å². The van der Waals surface area contributed by atoms with Gasteiger partial charge in [-0.05, 0) is 43.5 Å². The van der Waals surface area contributed by atoms with Gasteiger partial charge in [0.1, 0.15) is 0 Å². The molecule has 0 N–H and O–H groups in total. The molecular formula is C17H32N2S. The third-order valence-corrected chi connectivity index (χ3v) is 4.41. The van der Waals surface area contributed by atoms with E-state index in [1.54, 1.807) is 0 Å². The van der Waals surface area contributed by atoms with Crippen LogP contribution >= 0.6 is 12.2 Å². The second-order valence-electron chi connectivity index (χ2n) is 6.88. The maximum absolute atomic E-state index is 5.46. The lowest BCUT2D eigenvalue weighted by atomic mass is 9.75. The van der Waals surface area contributed by atoms with Crippen molar-refractivity contribution in [1.29, 1.82) is 0 Å². The summed E-state index contributed by atoms with van der Waals surface area (Å²) in [6, 6.07) is 0. The van der Waals surface area contributed by atoms with Crippen LogP contribution in [0.4, 0.5) is 0 Å². The molecule has 0 aliphatic heterocycles. The standard InChI is InChI=1S/C17H32N2S/c1-7-10-19(8-2)12-9-11-18(6)14-13-15(20)16(14)17(3,4)5/h7-13H2,1-6H3. The van der Waals surface area contributed by atoms with Crippen LogP contribution in [0.15, 0.2) is 11.3 Å². The number of hydrogen-bond acceptors (Lipinski definition) is 3. The first-order valence-electron chi connectivity index (χ1n) is 8.01. The van der Waals surface area contributed by atoms with Crippen molar-refractivity contribution in [2.45, 2.75) is 53.9 Å². The Morgan fingerprint density at radius 2 is 1.75 bits per heavy atom. The van der Waals surface area contributed by atoms with Crippen molar-refractivity contribution in [2.75, 3.05) is 33.2 Å². The van der Waals surface area contributed by atoms with E-state index in [1.165, 1.54) is 42.1 Å². The Morgan fingerprint density at radius 1 is 1.10 bits per heavy atom. The molecule has 1 rings (SSSR count). The Hall–Kier alpha value is -0.410. The molecule has 0 atom stereocenters. The predicted molar refractivity (Wildman–Crippen MR) is 93.3 cm³/mol. The zero-order valence-corrected chi connectivity index (χ0v) is 15.1. The first-order valence-corrected chi connectivity index (χ1v) is 8.42. The van der Waals surface area contributed by atoms with E-state index in [0.717, 1.165) is 19.5 Å². The van der Waals surface area contributed by atoms with Gasteiger partial charge in [0.05, 0.1) is 0 Å². The van der Waals surface area contributed by atoms with Crippen molar-refractivity contribution in [3.05, 3.63) is 11.3 Å². The van der Waals surface area contributed by atoms with Gasteiger partial charge in [-0.1, -0.05) is 46.8 Å². The van der Waals surface area contributed by atoms with E-state index in [9.17, 15) is 0 Å². The van der Waals surface area contributed by atoms with Crippen LogP contribution in [-0.4, -0.2) is 47.9 Å². The topological polar surface area (TPSA) is 6.48 Å². The van der Waals surface area contributed by atoms with E-state index in [0.29, 0.717) is 0 Å². The minimum Gasteiger partial charge on any atom is -0.377 e. The van der Waals surface area contributed by atoms with Gasteiger partial charge in [-0.2, -0.15) is 0 Å². The van der Waals surface area contributed by atoms with Crippen molar-refractivity contribution in [3.63, 3.8) is 0 Å². The number of rotatable bonds is 8. The summed E-state index contributed by atoms with van der Waals surface area (Å²) < 4.78 is 0. The Kier molecular flexibility index (Phi) is 6.67. The van der Waals surface area contributed by atoms with E-state index in [4.69, 9.17) is 12.2 Å². The molecule has 116 valence electrons. The largest absolute Gasteiger partial charge is 0.377 e. The van der Waals surface area contributed by atoms with Crippen molar-refractivity contribution in [2.24, 2.45) is 5.41 Å². The number of allylic oxidation sites excluding steroid dienone is 2. The first kappa shape index (κ1) is 17.6. The monoisotopic (exact) mass is 296 g/mol. The summed E-state index contributed by atoms with van der Waals surface area (Å²) in [6.45, 7) is 16.0. The Balaban J connectivity index is 2.50. The molecule has 0 spiro atoms. The number of nitrogens with zero attached hydrogens (tertiary/aromatic N) is 2. The summed E-state index contributed by atoms with van der Waals surface area (Å²) in [5.41, 5.74) is 3.08. The highest BCUT2D eigenvalue weighted by atomic mass is 32.1. The van der Waals surface area contributed by atoms with Crippen LogP contribution in [0.3, 0.4) is 0 Å². The van der Waals surface area contributed by atoms with Gasteiger partial charge in [-0.25, -0.2) is 0 Å². The Bertz CT molecular complexity index is 366. The quantitative estimate of drug-likeness (QED) is 0.622. The van der Waals surface area contributed by atoms with Crippen LogP contribution < -0.4 is 0 Å². The van der Waals surface area contributed by atoms with E-state index >= 15 is 0 Å². The average molecular weight is 297 g/mol. The molecule has 0 unspecified atom stereocenters. The van der Waals surface area contributed by atoms with Crippen molar-refractivity contribution < 1.29 is 0 Å². The lowest BCUT2D eigenvalue weighted by molar-refractivity contribution is 0.265. The lowest BCUT2D eigenvalue weighted by Crippen LogP contribution is -2.36. The summed E-state index contributed by atoms with van der Waals surface area (Å²) in [5.74, 6) is 0. The van der Waals surface area contributed by atoms with E-state index < -0.39 is 0 Å². The molecule has 0 heterocycles. The molecule has 20 heavy (non-hydrogen) atoms. The molecule has 0 amide bonds. The van der Waals surface area contributed by atoms with Crippen LogP contribution in [0, 0.1) is 5.41 Å².